The van der Waals surface area contributed by atoms with Crippen molar-refractivity contribution < 1.29 is 0 Å². The molecule has 1 atom stereocenters. The zero-order valence-corrected chi connectivity index (χ0v) is 8.14. The summed E-state index contributed by atoms with van der Waals surface area (Å²) in [5, 5.41) is 3.99. The Morgan fingerprint density at radius 2 is 2.31 bits per heavy atom. The molecule has 70 valence electrons. The average Bonchev–Trinajstić information content (AvgIpc) is 2.62. The zero-order chi connectivity index (χ0) is 9.26. The van der Waals surface area contributed by atoms with E-state index in [1.807, 2.05) is 12.1 Å². The third kappa shape index (κ3) is 1.64. The molecule has 0 radical (unpaired) electrons. The maximum absolute atomic E-state index is 5.95. The lowest BCUT2D eigenvalue weighted by molar-refractivity contribution is 0.766. The molecule has 1 aromatic rings. The summed E-state index contributed by atoms with van der Waals surface area (Å²) in [6.45, 7) is 2.10. The Balaban J connectivity index is 2.33. The SMILES string of the molecule is Nc1c(Cl)cccc1C1CCNC1. The molecule has 2 nitrogen and oxygen atoms in total. The van der Waals surface area contributed by atoms with Crippen molar-refractivity contribution in [2.75, 3.05) is 18.8 Å². The first-order valence-corrected chi connectivity index (χ1v) is 4.91. The minimum atomic E-state index is 0.540. The monoisotopic (exact) mass is 196 g/mol. The Kier molecular flexibility index (Phi) is 2.42. The van der Waals surface area contributed by atoms with E-state index in [9.17, 15) is 0 Å². The molecule has 1 saturated heterocycles. The summed E-state index contributed by atoms with van der Waals surface area (Å²) in [5.74, 6) is 0.540. The molecule has 3 heteroatoms. The lowest BCUT2D eigenvalue weighted by Gasteiger charge is -2.12. The number of nitrogens with one attached hydrogen (secondary N) is 1. The van der Waals surface area contributed by atoms with Crippen molar-refractivity contribution in [1.82, 2.24) is 5.32 Å². The normalized spacial score (nSPS) is 22.1. The Morgan fingerprint density at radius 1 is 1.46 bits per heavy atom. The van der Waals surface area contributed by atoms with Gasteiger partial charge in [0, 0.05) is 6.54 Å². The van der Waals surface area contributed by atoms with E-state index in [4.69, 9.17) is 17.3 Å². The first-order chi connectivity index (χ1) is 6.29. The van der Waals surface area contributed by atoms with Gasteiger partial charge in [0.25, 0.3) is 0 Å². The number of rotatable bonds is 1. The molecule has 0 aliphatic carbocycles. The van der Waals surface area contributed by atoms with Gasteiger partial charge in [0.15, 0.2) is 0 Å². The second kappa shape index (κ2) is 3.56. The van der Waals surface area contributed by atoms with Gasteiger partial charge in [-0.05, 0) is 30.5 Å². The van der Waals surface area contributed by atoms with E-state index in [0.717, 1.165) is 25.2 Å². The Labute approximate surface area is 83.1 Å². The smallest absolute Gasteiger partial charge is 0.0638 e. The van der Waals surface area contributed by atoms with Crippen molar-refractivity contribution in [2.45, 2.75) is 12.3 Å². The summed E-state index contributed by atoms with van der Waals surface area (Å²) in [6.07, 6.45) is 1.16. The van der Waals surface area contributed by atoms with Gasteiger partial charge in [-0.15, -0.1) is 0 Å². The molecule has 0 saturated carbocycles. The van der Waals surface area contributed by atoms with Crippen LogP contribution in [0.1, 0.15) is 17.9 Å². The summed E-state index contributed by atoms with van der Waals surface area (Å²) in [4.78, 5) is 0. The first kappa shape index (κ1) is 8.85. The Bertz CT molecular complexity index is 306. The number of hydrogen-bond acceptors (Lipinski definition) is 2. The lowest BCUT2D eigenvalue weighted by Crippen LogP contribution is -2.09. The molecule has 1 unspecified atom stereocenters. The molecule has 1 aliphatic heterocycles. The van der Waals surface area contributed by atoms with Crippen LogP contribution < -0.4 is 11.1 Å². The number of anilines is 1. The average molecular weight is 197 g/mol. The molecule has 0 spiro atoms. The van der Waals surface area contributed by atoms with E-state index in [1.54, 1.807) is 0 Å². The predicted molar refractivity (Wildman–Crippen MR) is 56.1 cm³/mol. The molecule has 1 aliphatic rings. The van der Waals surface area contributed by atoms with Crippen LogP contribution in [0.25, 0.3) is 0 Å². The van der Waals surface area contributed by atoms with Crippen LogP contribution in [0.15, 0.2) is 18.2 Å². The third-order valence-electron chi connectivity index (χ3n) is 2.59. The van der Waals surface area contributed by atoms with E-state index >= 15 is 0 Å². The van der Waals surface area contributed by atoms with Crippen LogP contribution in [0.3, 0.4) is 0 Å². The van der Waals surface area contributed by atoms with Gasteiger partial charge in [0.1, 0.15) is 0 Å². The van der Waals surface area contributed by atoms with Crippen LogP contribution >= 0.6 is 11.6 Å². The van der Waals surface area contributed by atoms with E-state index in [0.29, 0.717) is 10.9 Å². The summed E-state index contributed by atoms with van der Waals surface area (Å²) in [7, 11) is 0. The van der Waals surface area contributed by atoms with Crippen LogP contribution in [-0.4, -0.2) is 13.1 Å². The van der Waals surface area contributed by atoms with Gasteiger partial charge >= 0.3 is 0 Å². The van der Waals surface area contributed by atoms with Gasteiger partial charge in [-0.2, -0.15) is 0 Å². The highest BCUT2D eigenvalue weighted by Gasteiger charge is 2.19. The summed E-state index contributed by atoms with van der Waals surface area (Å²) in [5.41, 5.74) is 7.84. The highest BCUT2D eigenvalue weighted by atomic mass is 35.5. The standard InChI is InChI=1S/C10H13ClN2/c11-9-3-1-2-8(10(9)12)7-4-5-13-6-7/h1-3,7,13H,4-6,12H2. The third-order valence-corrected chi connectivity index (χ3v) is 2.92. The van der Waals surface area contributed by atoms with Crippen LogP contribution in [-0.2, 0) is 0 Å². The number of hydrogen-bond donors (Lipinski definition) is 2. The number of benzene rings is 1. The van der Waals surface area contributed by atoms with Crippen molar-refractivity contribution in [3.05, 3.63) is 28.8 Å². The fraction of sp³-hybridized carbons (Fsp3) is 0.400. The minimum absolute atomic E-state index is 0.540. The van der Waals surface area contributed by atoms with E-state index in [2.05, 4.69) is 11.4 Å². The Hall–Kier alpha value is -0.730. The molecule has 2 rings (SSSR count). The summed E-state index contributed by atoms with van der Waals surface area (Å²) >= 11 is 5.95. The molecule has 3 N–H and O–H groups in total. The maximum atomic E-state index is 5.95. The molecule has 1 heterocycles. The van der Waals surface area contributed by atoms with Crippen molar-refractivity contribution >= 4 is 17.3 Å². The maximum Gasteiger partial charge on any atom is 0.0638 e. The largest absolute Gasteiger partial charge is 0.397 e. The van der Waals surface area contributed by atoms with Crippen molar-refractivity contribution in [3.8, 4) is 0 Å². The molecule has 1 aromatic carbocycles. The fourth-order valence-corrected chi connectivity index (χ4v) is 2.01. The van der Waals surface area contributed by atoms with Crippen molar-refractivity contribution in [3.63, 3.8) is 0 Å². The Morgan fingerprint density at radius 3 is 3.00 bits per heavy atom. The minimum Gasteiger partial charge on any atom is -0.397 e. The van der Waals surface area contributed by atoms with Crippen molar-refractivity contribution in [1.29, 1.82) is 0 Å². The lowest BCUT2D eigenvalue weighted by atomic mass is 9.97. The van der Waals surface area contributed by atoms with Gasteiger partial charge in [-0.3, -0.25) is 0 Å². The van der Waals surface area contributed by atoms with Gasteiger partial charge in [0.2, 0.25) is 0 Å². The number of halogens is 1. The van der Waals surface area contributed by atoms with Gasteiger partial charge in [-0.25, -0.2) is 0 Å². The number of para-hydroxylation sites is 1. The highest BCUT2D eigenvalue weighted by molar-refractivity contribution is 6.33. The summed E-state index contributed by atoms with van der Waals surface area (Å²) in [6, 6.07) is 5.87. The molecule has 0 amide bonds. The molecule has 0 aromatic heterocycles. The predicted octanol–water partition coefficient (Wildman–Crippen LogP) is 2.00. The molecular formula is C10H13ClN2. The van der Waals surface area contributed by atoms with Crippen molar-refractivity contribution in [2.24, 2.45) is 0 Å². The second-order valence-corrected chi connectivity index (χ2v) is 3.84. The van der Waals surface area contributed by atoms with E-state index < -0.39 is 0 Å². The summed E-state index contributed by atoms with van der Waals surface area (Å²) < 4.78 is 0. The van der Waals surface area contributed by atoms with Crippen LogP contribution in [0.5, 0.6) is 0 Å². The van der Waals surface area contributed by atoms with Crippen LogP contribution in [0.4, 0.5) is 5.69 Å². The van der Waals surface area contributed by atoms with Gasteiger partial charge < -0.3 is 11.1 Å². The quantitative estimate of drug-likeness (QED) is 0.675. The van der Waals surface area contributed by atoms with Gasteiger partial charge in [0.05, 0.1) is 10.7 Å². The number of nitrogen functional groups attached to an aromatic ring is 1. The van der Waals surface area contributed by atoms with Crippen LogP contribution in [0, 0.1) is 0 Å². The first-order valence-electron chi connectivity index (χ1n) is 4.53. The highest BCUT2D eigenvalue weighted by Crippen LogP contribution is 2.31. The van der Waals surface area contributed by atoms with E-state index in [-0.39, 0.29) is 0 Å². The molecule has 1 fully saturated rings. The number of nitrogens with two attached hydrogens (primary N) is 1. The second-order valence-electron chi connectivity index (χ2n) is 3.43. The molecule has 0 bridgehead atoms. The molecule has 13 heavy (non-hydrogen) atoms. The fourth-order valence-electron chi connectivity index (χ4n) is 1.83. The van der Waals surface area contributed by atoms with Crippen LogP contribution in [0.2, 0.25) is 5.02 Å². The van der Waals surface area contributed by atoms with E-state index in [1.165, 1.54) is 5.56 Å². The topological polar surface area (TPSA) is 38.0 Å². The molecular weight excluding hydrogens is 184 g/mol. The zero-order valence-electron chi connectivity index (χ0n) is 7.39. The van der Waals surface area contributed by atoms with Gasteiger partial charge in [-0.1, -0.05) is 23.7 Å².